The van der Waals surface area contributed by atoms with E-state index in [2.05, 4.69) is 41.3 Å². The van der Waals surface area contributed by atoms with Gasteiger partial charge in [0.05, 0.1) is 4.90 Å². The molecular formula is C29H34N2O2S2. The fourth-order valence-electron chi connectivity index (χ4n) is 5.55. The van der Waals surface area contributed by atoms with E-state index in [0.717, 1.165) is 26.1 Å². The van der Waals surface area contributed by atoms with E-state index in [4.69, 9.17) is 0 Å². The molecule has 2 heterocycles. The third-order valence-corrected chi connectivity index (χ3v) is 11.0. The van der Waals surface area contributed by atoms with E-state index in [0.29, 0.717) is 16.9 Å². The minimum absolute atomic E-state index is 0.151. The summed E-state index contributed by atoms with van der Waals surface area (Å²) >= 11 is 2.02. The fraction of sp³-hybridized carbons (Fsp3) is 0.379. The Balaban J connectivity index is 1.24. The van der Waals surface area contributed by atoms with Crippen molar-refractivity contribution in [3.05, 3.63) is 96.1 Å². The number of hydrogen-bond donors (Lipinski definition) is 0. The van der Waals surface area contributed by atoms with Crippen LogP contribution in [0, 0.1) is 0 Å². The van der Waals surface area contributed by atoms with E-state index >= 15 is 0 Å². The molecule has 184 valence electrons. The van der Waals surface area contributed by atoms with Crippen LogP contribution in [0.4, 0.5) is 0 Å². The van der Waals surface area contributed by atoms with Gasteiger partial charge in [0.25, 0.3) is 0 Å². The van der Waals surface area contributed by atoms with Gasteiger partial charge in [-0.05, 0) is 74.1 Å². The first kappa shape index (κ1) is 24.6. The normalized spacial score (nSPS) is 18.6. The van der Waals surface area contributed by atoms with Crippen LogP contribution in [0.2, 0.25) is 0 Å². The topological polar surface area (TPSA) is 40.6 Å². The predicted molar refractivity (Wildman–Crippen MR) is 145 cm³/mol. The number of sulfonamides is 1. The van der Waals surface area contributed by atoms with Gasteiger partial charge in [-0.2, -0.15) is 0 Å². The summed E-state index contributed by atoms with van der Waals surface area (Å²) in [6, 6.07) is 28.1. The average Bonchev–Trinajstić information content (AvgIpc) is 3.26. The molecule has 2 aliphatic heterocycles. The molecule has 0 aromatic heterocycles. The number of nitrogens with zero attached hydrogens (tertiary/aromatic N) is 2. The number of likely N-dealkylation sites (N-methyl/N-ethyl adjacent to an activating group) is 1. The van der Waals surface area contributed by atoms with Crippen LogP contribution in [-0.2, 0) is 15.4 Å². The summed E-state index contributed by atoms with van der Waals surface area (Å²) in [6.07, 6.45) is 3.35. The van der Waals surface area contributed by atoms with Crippen molar-refractivity contribution in [1.82, 2.24) is 9.21 Å². The van der Waals surface area contributed by atoms with Gasteiger partial charge in [0, 0.05) is 29.7 Å². The number of hydrogen-bond acceptors (Lipinski definition) is 4. The summed E-state index contributed by atoms with van der Waals surface area (Å²) in [4.78, 5) is 4.40. The minimum atomic E-state index is -3.51. The number of fused-ring (bicyclic) bond motifs is 2. The van der Waals surface area contributed by atoms with Crippen molar-refractivity contribution in [2.45, 2.75) is 40.4 Å². The van der Waals surface area contributed by atoms with Gasteiger partial charge in [0.15, 0.2) is 0 Å². The molecule has 1 atom stereocenters. The quantitative estimate of drug-likeness (QED) is 0.398. The largest absolute Gasteiger partial charge is 0.303 e. The molecule has 4 nitrogen and oxygen atoms in total. The number of piperidine rings is 1. The number of likely N-dealkylation sites (tertiary alicyclic amines) is 1. The van der Waals surface area contributed by atoms with E-state index in [1.807, 2.05) is 36.0 Å². The lowest BCUT2D eigenvalue weighted by atomic mass is 9.74. The van der Waals surface area contributed by atoms with Crippen molar-refractivity contribution < 1.29 is 8.42 Å². The van der Waals surface area contributed by atoms with Crippen molar-refractivity contribution in [1.29, 1.82) is 0 Å². The van der Waals surface area contributed by atoms with Crippen LogP contribution >= 0.6 is 11.8 Å². The Morgan fingerprint density at radius 1 is 0.914 bits per heavy atom. The summed E-state index contributed by atoms with van der Waals surface area (Å²) < 4.78 is 27.9. The van der Waals surface area contributed by atoms with Crippen molar-refractivity contribution in [3.63, 3.8) is 0 Å². The molecule has 0 bridgehead atoms. The highest BCUT2D eigenvalue weighted by Crippen LogP contribution is 2.49. The van der Waals surface area contributed by atoms with Gasteiger partial charge >= 0.3 is 0 Å². The second kappa shape index (κ2) is 10.5. The van der Waals surface area contributed by atoms with Crippen molar-refractivity contribution in [3.8, 4) is 0 Å². The van der Waals surface area contributed by atoms with Crippen LogP contribution in [-0.4, -0.2) is 56.6 Å². The number of thioether (sulfide) groups is 1. The van der Waals surface area contributed by atoms with Crippen molar-refractivity contribution >= 4 is 21.8 Å². The Morgan fingerprint density at radius 3 is 2.26 bits per heavy atom. The van der Waals surface area contributed by atoms with Gasteiger partial charge < -0.3 is 4.90 Å². The zero-order valence-electron chi connectivity index (χ0n) is 20.3. The molecular weight excluding hydrogens is 472 g/mol. The molecule has 0 N–H and O–H groups in total. The standard InChI is InChI=1S/C29H34N2O2S2/c1-30(35(32,33)26-12-6-3-7-13-26)22-25(24-10-4-2-5-11-24)16-19-31-20-17-29(18-21-31)23-34-28-15-9-8-14-27(28)29/h2-15,25H,16-23H2,1H3. The van der Waals surface area contributed by atoms with Crippen LogP contribution < -0.4 is 0 Å². The highest BCUT2D eigenvalue weighted by molar-refractivity contribution is 7.99. The van der Waals surface area contributed by atoms with Crippen LogP contribution in [0.15, 0.2) is 94.7 Å². The first-order chi connectivity index (χ1) is 17.0. The smallest absolute Gasteiger partial charge is 0.242 e. The van der Waals surface area contributed by atoms with E-state index < -0.39 is 10.0 Å². The van der Waals surface area contributed by atoms with Gasteiger partial charge in [-0.1, -0.05) is 66.7 Å². The van der Waals surface area contributed by atoms with Crippen LogP contribution in [0.1, 0.15) is 36.3 Å². The van der Waals surface area contributed by atoms with Gasteiger partial charge in [0.1, 0.15) is 0 Å². The summed E-state index contributed by atoms with van der Waals surface area (Å²) in [7, 11) is -1.80. The zero-order chi connectivity index (χ0) is 24.3. The molecule has 0 saturated carbocycles. The Kier molecular flexibility index (Phi) is 7.35. The number of benzene rings is 3. The van der Waals surface area contributed by atoms with E-state index in [1.165, 1.54) is 33.4 Å². The lowest BCUT2D eigenvalue weighted by Crippen LogP contribution is -2.43. The maximum Gasteiger partial charge on any atom is 0.242 e. The second-order valence-electron chi connectivity index (χ2n) is 9.90. The highest BCUT2D eigenvalue weighted by Gasteiger charge is 2.41. The molecule has 1 unspecified atom stereocenters. The van der Waals surface area contributed by atoms with Gasteiger partial charge in [-0.3, -0.25) is 0 Å². The van der Waals surface area contributed by atoms with E-state index in [-0.39, 0.29) is 5.92 Å². The SMILES string of the molecule is CN(CC(CCN1CCC2(CC1)CSc1ccccc12)c1ccccc1)S(=O)(=O)c1ccccc1. The molecule has 0 aliphatic carbocycles. The zero-order valence-corrected chi connectivity index (χ0v) is 22.0. The van der Waals surface area contributed by atoms with Crippen LogP contribution in [0.5, 0.6) is 0 Å². The second-order valence-corrected chi connectivity index (χ2v) is 13.0. The molecule has 0 amide bonds. The first-order valence-electron chi connectivity index (χ1n) is 12.5. The Labute approximate surface area is 214 Å². The predicted octanol–water partition coefficient (Wildman–Crippen LogP) is 5.62. The third-order valence-electron chi connectivity index (χ3n) is 7.77. The van der Waals surface area contributed by atoms with Crippen LogP contribution in [0.3, 0.4) is 0 Å². The minimum Gasteiger partial charge on any atom is -0.303 e. The van der Waals surface area contributed by atoms with Gasteiger partial charge in [-0.25, -0.2) is 12.7 Å². The molecule has 0 radical (unpaired) electrons. The van der Waals surface area contributed by atoms with E-state index in [1.54, 1.807) is 36.9 Å². The third kappa shape index (κ3) is 5.21. The summed E-state index contributed by atoms with van der Waals surface area (Å²) in [6.45, 7) is 3.68. The molecule has 2 aliphatic rings. The number of rotatable bonds is 8. The molecule has 6 heteroatoms. The Hall–Kier alpha value is -2.12. The molecule has 1 fully saturated rings. The molecule has 1 saturated heterocycles. The lowest BCUT2D eigenvalue weighted by Gasteiger charge is -2.40. The average molecular weight is 507 g/mol. The van der Waals surface area contributed by atoms with E-state index in [9.17, 15) is 8.42 Å². The highest BCUT2D eigenvalue weighted by atomic mass is 32.2. The molecule has 5 rings (SSSR count). The summed E-state index contributed by atoms with van der Waals surface area (Å²) in [5.74, 6) is 1.35. The summed E-state index contributed by atoms with van der Waals surface area (Å²) in [5.41, 5.74) is 3.09. The maximum atomic E-state index is 13.2. The molecule has 1 spiro atoms. The Morgan fingerprint density at radius 2 is 1.54 bits per heavy atom. The van der Waals surface area contributed by atoms with Crippen molar-refractivity contribution in [2.75, 3.05) is 39.0 Å². The lowest BCUT2D eigenvalue weighted by molar-refractivity contribution is 0.166. The molecule has 35 heavy (non-hydrogen) atoms. The molecule has 3 aromatic rings. The van der Waals surface area contributed by atoms with Gasteiger partial charge in [0.2, 0.25) is 10.0 Å². The monoisotopic (exact) mass is 506 g/mol. The first-order valence-corrected chi connectivity index (χ1v) is 14.9. The van der Waals surface area contributed by atoms with Gasteiger partial charge in [-0.15, -0.1) is 11.8 Å². The maximum absolute atomic E-state index is 13.2. The van der Waals surface area contributed by atoms with Crippen LogP contribution in [0.25, 0.3) is 0 Å². The molecule has 3 aromatic carbocycles. The van der Waals surface area contributed by atoms with Crippen molar-refractivity contribution in [2.24, 2.45) is 0 Å². The summed E-state index contributed by atoms with van der Waals surface area (Å²) in [5, 5.41) is 0. The fourth-order valence-corrected chi connectivity index (χ4v) is 8.28. The Bertz CT molecular complexity index is 1220.